The predicted molar refractivity (Wildman–Crippen MR) is 147 cm³/mol. The number of nitrogens with one attached hydrogen (secondary N) is 1. The molecule has 7 nitrogen and oxygen atoms in total. The summed E-state index contributed by atoms with van der Waals surface area (Å²) in [6, 6.07) is 21.1. The molecular weight excluding hydrogens is 536 g/mol. The zero-order chi connectivity index (χ0) is 27.5. The number of hydrogen-bond acceptors (Lipinski definition) is 6. The second-order valence-corrected chi connectivity index (χ2v) is 12.9. The Morgan fingerprint density at radius 3 is 2.48 bits per heavy atom. The van der Waals surface area contributed by atoms with E-state index in [9.17, 15) is 17.2 Å². The Bertz CT molecular complexity index is 1530. The molecule has 0 bridgehead atoms. The highest BCUT2D eigenvalue weighted by atomic mass is 32.2. The molecule has 1 unspecified atom stereocenters. The van der Waals surface area contributed by atoms with Crippen molar-refractivity contribution in [3.63, 3.8) is 0 Å². The van der Waals surface area contributed by atoms with Crippen molar-refractivity contribution >= 4 is 15.7 Å². The standard InChI is InChI=1S/C30H31F2N3O4S/c31-30(32)38-28-12-10-24(17-29(28)39-30)40(36,37)33-22-18-35(19-22)23-9-7-21-8-11-27(34-13-4-14-34)26(25(21)16-23)15-20-5-2-1-3-6-20/h1-3,5-7,9-10,12,16-17,22,26-27,33H,4,8,11,13-15,18-19H2/t26-,27?/m1/s1. The summed E-state index contributed by atoms with van der Waals surface area (Å²) in [6.45, 7) is 3.40. The molecule has 0 saturated carbocycles. The van der Waals surface area contributed by atoms with Crippen LogP contribution in [0.5, 0.6) is 11.5 Å². The minimum Gasteiger partial charge on any atom is -0.395 e. The molecule has 3 heterocycles. The lowest BCUT2D eigenvalue weighted by molar-refractivity contribution is -0.286. The summed E-state index contributed by atoms with van der Waals surface area (Å²) in [7, 11) is -3.92. The fourth-order valence-corrected chi connectivity index (χ4v) is 7.67. The summed E-state index contributed by atoms with van der Waals surface area (Å²) < 4.78 is 64.1. The number of fused-ring (bicyclic) bond motifs is 2. The molecule has 2 saturated heterocycles. The quantitative estimate of drug-likeness (QED) is 0.453. The Labute approximate surface area is 232 Å². The van der Waals surface area contributed by atoms with Crippen molar-refractivity contribution in [2.45, 2.75) is 54.9 Å². The molecule has 1 aliphatic carbocycles. The maximum absolute atomic E-state index is 13.3. The van der Waals surface area contributed by atoms with Crippen molar-refractivity contribution in [1.29, 1.82) is 0 Å². The molecule has 2 atom stereocenters. The second kappa shape index (κ2) is 9.71. The van der Waals surface area contributed by atoms with Gasteiger partial charge in [-0.05, 0) is 79.7 Å². The third-order valence-corrected chi connectivity index (χ3v) is 10.1. The number of rotatable bonds is 7. The number of anilines is 1. The van der Waals surface area contributed by atoms with Crippen molar-refractivity contribution in [3.8, 4) is 11.5 Å². The number of ether oxygens (including phenoxy) is 2. The molecule has 40 heavy (non-hydrogen) atoms. The van der Waals surface area contributed by atoms with E-state index >= 15 is 0 Å². The number of alkyl halides is 2. The van der Waals surface area contributed by atoms with Crippen LogP contribution < -0.4 is 19.1 Å². The van der Waals surface area contributed by atoms with Crippen LogP contribution in [0.1, 0.15) is 35.4 Å². The number of likely N-dealkylation sites (tertiary alicyclic amines) is 1. The Balaban J connectivity index is 1.06. The number of aryl methyl sites for hydroxylation is 1. The summed E-state index contributed by atoms with van der Waals surface area (Å²) in [5.74, 6) is -0.0628. The van der Waals surface area contributed by atoms with E-state index in [1.54, 1.807) is 0 Å². The van der Waals surface area contributed by atoms with Crippen LogP contribution >= 0.6 is 0 Å². The first-order valence-corrected chi connectivity index (χ1v) is 15.3. The van der Waals surface area contributed by atoms with Gasteiger partial charge >= 0.3 is 6.29 Å². The molecule has 0 aromatic heterocycles. The molecule has 1 N–H and O–H groups in total. The molecule has 0 spiro atoms. The van der Waals surface area contributed by atoms with Gasteiger partial charge < -0.3 is 14.4 Å². The van der Waals surface area contributed by atoms with Gasteiger partial charge in [0, 0.05) is 36.8 Å². The Kier molecular flexibility index (Phi) is 6.25. The van der Waals surface area contributed by atoms with Crippen LogP contribution in [-0.2, 0) is 22.9 Å². The van der Waals surface area contributed by atoms with Crippen molar-refractivity contribution in [2.24, 2.45) is 0 Å². The topological polar surface area (TPSA) is 71.1 Å². The number of sulfonamides is 1. The summed E-state index contributed by atoms with van der Waals surface area (Å²) in [5.41, 5.74) is 5.27. The minimum atomic E-state index is -3.92. The van der Waals surface area contributed by atoms with Gasteiger partial charge in [-0.2, -0.15) is 0 Å². The lowest BCUT2D eigenvalue weighted by Gasteiger charge is -2.46. The van der Waals surface area contributed by atoms with E-state index < -0.39 is 16.3 Å². The highest BCUT2D eigenvalue weighted by Crippen LogP contribution is 2.43. The molecule has 3 aromatic rings. The van der Waals surface area contributed by atoms with Crippen molar-refractivity contribution in [3.05, 3.63) is 83.4 Å². The molecule has 10 heteroatoms. The minimum absolute atomic E-state index is 0.138. The second-order valence-electron chi connectivity index (χ2n) is 11.2. The van der Waals surface area contributed by atoms with Gasteiger partial charge in [0.2, 0.25) is 10.0 Å². The van der Waals surface area contributed by atoms with Crippen molar-refractivity contribution in [1.82, 2.24) is 9.62 Å². The zero-order valence-corrected chi connectivity index (χ0v) is 22.7. The van der Waals surface area contributed by atoms with Crippen molar-refractivity contribution in [2.75, 3.05) is 31.1 Å². The van der Waals surface area contributed by atoms with Crippen LogP contribution in [0.15, 0.2) is 71.6 Å². The average molecular weight is 568 g/mol. The first kappa shape index (κ1) is 25.7. The normalized spacial score (nSPS) is 23.8. The lowest BCUT2D eigenvalue weighted by atomic mass is 9.74. The van der Waals surface area contributed by atoms with Gasteiger partial charge in [0.05, 0.1) is 10.9 Å². The third kappa shape index (κ3) is 4.82. The molecule has 0 radical (unpaired) electrons. The fourth-order valence-electron chi connectivity index (χ4n) is 6.43. The van der Waals surface area contributed by atoms with Gasteiger partial charge in [0.15, 0.2) is 11.5 Å². The van der Waals surface area contributed by atoms with E-state index in [1.807, 2.05) is 0 Å². The molecule has 7 rings (SSSR count). The smallest absolute Gasteiger partial charge is 0.395 e. The van der Waals surface area contributed by atoms with Crippen molar-refractivity contribution < 1.29 is 26.7 Å². The van der Waals surface area contributed by atoms with E-state index in [0.29, 0.717) is 25.0 Å². The SMILES string of the molecule is O=S(=O)(NC1CN(c2ccc3c(c2)[C@@H](Cc2ccccc2)C(N2CCC2)CC3)C1)c1ccc2c(c1)OC(F)(F)O2. The van der Waals surface area contributed by atoms with Crippen LogP contribution in [0.4, 0.5) is 14.5 Å². The highest BCUT2D eigenvalue weighted by Gasteiger charge is 2.44. The van der Waals surface area contributed by atoms with Crippen LogP contribution in [0.2, 0.25) is 0 Å². The first-order chi connectivity index (χ1) is 19.2. The zero-order valence-electron chi connectivity index (χ0n) is 21.9. The Morgan fingerprint density at radius 1 is 0.950 bits per heavy atom. The van der Waals surface area contributed by atoms with E-state index in [-0.39, 0.29) is 22.4 Å². The molecule has 210 valence electrons. The number of benzene rings is 3. The fraction of sp³-hybridized carbons (Fsp3) is 0.400. The van der Waals surface area contributed by atoms with Crippen LogP contribution in [-0.4, -0.2) is 57.9 Å². The highest BCUT2D eigenvalue weighted by molar-refractivity contribution is 7.89. The van der Waals surface area contributed by atoms with Gasteiger partial charge in [-0.1, -0.05) is 36.4 Å². The molecule has 4 aliphatic rings. The molecule has 0 amide bonds. The number of hydrogen-bond donors (Lipinski definition) is 1. The Morgan fingerprint density at radius 2 is 1.73 bits per heavy atom. The van der Waals surface area contributed by atoms with E-state index in [4.69, 9.17) is 0 Å². The van der Waals surface area contributed by atoms with Gasteiger partial charge in [0.25, 0.3) is 0 Å². The van der Waals surface area contributed by atoms with E-state index in [0.717, 1.165) is 24.6 Å². The molecule has 3 aromatic carbocycles. The summed E-state index contributed by atoms with van der Waals surface area (Å²) in [4.78, 5) is 4.68. The van der Waals surface area contributed by atoms with E-state index in [1.165, 1.54) is 54.8 Å². The summed E-state index contributed by atoms with van der Waals surface area (Å²) in [5, 5.41) is 0. The van der Waals surface area contributed by atoms with Crippen LogP contribution in [0.3, 0.4) is 0 Å². The largest absolute Gasteiger partial charge is 0.586 e. The first-order valence-electron chi connectivity index (χ1n) is 13.8. The molecule has 3 aliphatic heterocycles. The van der Waals surface area contributed by atoms with Gasteiger partial charge in [-0.3, -0.25) is 4.90 Å². The number of halogens is 2. The number of nitrogens with zero attached hydrogens (tertiary/aromatic N) is 2. The maximum atomic E-state index is 13.3. The summed E-state index contributed by atoms with van der Waals surface area (Å²) in [6.07, 6.45) is 0.728. The third-order valence-electron chi connectivity index (χ3n) is 8.61. The van der Waals surface area contributed by atoms with Crippen LogP contribution in [0.25, 0.3) is 0 Å². The Hall–Kier alpha value is -3.21. The van der Waals surface area contributed by atoms with E-state index in [2.05, 4.69) is 72.5 Å². The predicted octanol–water partition coefficient (Wildman–Crippen LogP) is 4.52. The molecular formula is C30H31F2N3O4S. The molecule has 2 fully saturated rings. The van der Waals surface area contributed by atoms with Gasteiger partial charge in [0.1, 0.15) is 0 Å². The monoisotopic (exact) mass is 567 g/mol. The maximum Gasteiger partial charge on any atom is 0.586 e. The lowest BCUT2D eigenvalue weighted by Crippen LogP contribution is -2.59. The average Bonchev–Trinajstić information content (AvgIpc) is 3.19. The van der Waals surface area contributed by atoms with Gasteiger partial charge in [-0.15, -0.1) is 8.78 Å². The van der Waals surface area contributed by atoms with Crippen LogP contribution in [0, 0.1) is 0 Å². The van der Waals surface area contributed by atoms with Gasteiger partial charge in [-0.25, -0.2) is 13.1 Å². The summed E-state index contributed by atoms with van der Waals surface area (Å²) >= 11 is 0.